The predicted molar refractivity (Wildman–Crippen MR) is 92.2 cm³/mol. The zero-order chi connectivity index (χ0) is 14.4. The Hall–Kier alpha value is -1.17. The first-order valence-electron chi connectivity index (χ1n) is 7.07. The summed E-state index contributed by atoms with van der Waals surface area (Å²) in [7, 11) is 0. The topological polar surface area (TPSA) is 37.8 Å². The Kier molecular flexibility index (Phi) is 5.76. The Morgan fingerprint density at radius 1 is 1.10 bits per heavy atom. The molecule has 3 nitrogen and oxygen atoms in total. The summed E-state index contributed by atoms with van der Waals surface area (Å²) < 4.78 is 1.16. The third-order valence-electron chi connectivity index (χ3n) is 3.00. The zero-order valence-corrected chi connectivity index (χ0v) is 14.1. The summed E-state index contributed by atoms with van der Waals surface area (Å²) in [5, 5.41) is 3.34. The van der Waals surface area contributed by atoms with Crippen molar-refractivity contribution in [2.75, 3.05) is 11.9 Å². The Bertz CT molecular complexity index is 528. The van der Waals surface area contributed by atoms with Gasteiger partial charge in [-0.25, -0.2) is 9.97 Å². The van der Waals surface area contributed by atoms with Crippen LogP contribution in [0.4, 0.5) is 5.82 Å². The van der Waals surface area contributed by atoms with E-state index in [0.29, 0.717) is 0 Å². The second kappa shape index (κ2) is 7.57. The fourth-order valence-electron chi connectivity index (χ4n) is 2.09. The number of hydrogen-bond acceptors (Lipinski definition) is 3. The van der Waals surface area contributed by atoms with Gasteiger partial charge in [-0.15, -0.1) is 0 Å². The van der Waals surface area contributed by atoms with Crippen LogP contribution in [0.1, 0.15) is 37.4 Å². The summed E-state index contributed by atoms with van der Waals surface area (Å²) in [4.78, 5) is 9.41. The fraction of sp³-hybridized carbons (Fsp3) is 0.375. The summed E-state index contributed by atoms with van der Waals surface area (Å²) in [5.41, 5.74) is 2.41. The highest BCUT2D eigenvalue weighted by Gasteiger charge is 2.11. The minimum Gasteiger partial charge on any atom is -0.369 e. The van der Waals surface area contributed by atoms with Gasteiger partial charge in [-0.3, -0.25) is 0 Å². The van der Waals surface area contributed by atoms with Crippen molar-refractivity contribution in [1.29, 1.82) is 0 Å². The third-order valence-corrected chi connectivity index (χ3v) is 4.14. The van der Waals surface area contributed by atoms with Gasteiger partial charge in [0.1, 0.15) is 11.6 Å². The van der Waals surface area contributed by atoms with Crippen LogP contribution in [-0.2, 0) is 12.8 Å². The molecule has 0 bridgehead atoms. The number of nitrogens with zero attached hydrogens (tertiary/aromatic N) is 2. The van der Waals surface area contributed by atoms with Gasteiger partial charge in [0.2, 0.25) is 0 Å². The van der Waals surface area contributed by atoms with E-state index in [1.807, 2.05) is 6.07 Å². The van der Waals surface area contributed by atoms with Crippen LogP contribution < -0.4 is 5.32 Å². The van der Waals surface area contributed by atoms with Crippen LogP contribution in [0.25, 0.3) is 0 Å². The second-order valence-corrected chi connectivity index (χ2v) is 5.77. The molecule has 0 spiro atoms. The zero-order valence-electron chi connectivity index (χ0n) is 12.0. The van der Waals surface area contributed by atoms with Crippen molar-refractivity contribution in [2.24, 2.45) is 0 Å². The first-order chi connectivity index (χ1) is 9.74. The van der Waals surface area contributed by atoms with E-state index in [2.05, 4.69) is 71.0 Å². The van der Waals surface area contributed by atoms with E-state index in [-0.39, 0.29) is 0 Å². The van der Waals surface area contributed by atoms with Crippen LogP contribution in [0.15, 0.2) is 30.3 Å². The lowest BCUT2D eigenvalue weighted by atomic mass is 10.1. The number of aromatic nitrogens is 2. The van der Waals surface area contributed by atoms with E-state index in [9.17, 15) is 0 Å². The molecule has 1 N–H and O–H groups in total. The Labute approximate surface area is 134 Å². The number of nitrogens with one attached hydrogen (secondary N) is 1. The number of aryl methyl sites for hydroxylation is 1. The number of anilines is 1. The summed E-state index contributed by atoms with van der Waals surface area (Å²) in [6.07, 6.45) is 2.89. The van der Waals surface area contributed by atoms with E-state index in [1.165, 1.54) is 5.56 Å². The first-order valence-corrected chi connectivity index (χ1v) is 8.15. The molecule has 20 heavy (non-hydrogen) atoms. The van der Waals surface area contributed by atoms with Crippen LogP contribution in [0.2, 0.25) is 0 Å². The van der Waals surface area contributed by atoms with E-state index in [4.69, 9.17) is 4.98 Å². The van der Waals surface area contributed by atoms with Crippen LogP contribution in [0.3, 0.4) is 0 Å². The molecule has 2 rings (SSSR count). The van der Waals surface area contributed by atoms with Crippen molar-refractivity contribution in [3.63, 3.8) is 0 Å². The van der Waals surface area contributed by atoms with Gasteiger partial charge in [0.05, 0.1) is 9.26 Å². The van der Waals surface area contributed by atoms with E-state index in [1.54, 1.807) is 0 Å². The molecule has 0 aliphatic rings. The maximum Gasteiger partial charge on any atom is 0.143 e. The molecular weight excluding hydrogens is 361 g/mol. The van der Waals surface area contributed by atoms with Crippen molar-refractivity contribution in [1.82, 2.24) is 9.97 Å². The standard InChI is InChI=1S/C16H20IN3/c1-3-8-13-15(17)16(18-4-2)20-14(19-13)11-12-9-6-5-7-10-12/h5-7,9-10H,3-4,8,11H2,1-2H3,(H,18,19,20). The van der Waals surface area contributed by atoms with Crippen LogP contribution in [-0.4, -0.2) is 16.5 Å². The van der Waals surface area contributed by atoms with Crippen LogP contribution in [0, 0.1) is 3.57 Å². The molecular formula is C16H20IN3. The van der Waals surface area contributed by atoms with Gasteiger partial charge in [0, 0.05) is 13.0 Å². The number of hydrogen-bond donors (Lipinski definition) is 1. The minimum atomic E-state index is 0.785. The van der Waals surface area contributed by atoms with Gasteiger partial charge < -0.3 is 5.32 Å². The molecule has 0 fully saturated rings. The normalized spacial score (nSPS) is 10.6. The molecule has 0 radical (unpaired) electrons. The molecule has 0 saturated carbocycles. The van der Waals surface area contributed by atoms with Crippen molar-refractivity contribution < 1.29 is 0 Å². The SMILES string of the molecule is CCCc1nc(Cc2ccccc2)nc(NCC)c1I. The molecule has 0 saturated heterocycles. The third kappa shape index (κ3) is 3.91. The minimum absolute atomic E-state index is 0.785. The lowest BCUT2D eigenvalue weighted by Gasteiger charge is -2.12. The monoisotopic (exact) mass is 381 g/mol. The van der Waals surface area contributed by atoms with Gasteiger partial charge in [0.15, 0.2) is 0 Å². The van der Waals surface area contributed by atoms with E-state index >= 15 is 0 Å². The summed E-state index contributed by atoms with van der Waals surface area (Å²) in [6.45, 7) is 5.15. The molecule has 106 valence electrons. The molecule has 1 aromatic heterocycles. The largest absolute Gasteiger partial charge is 0.369 e. The van der Waals surface area contributed by atoms with Gasteiger partial charge in [0.25, 0.3) is 0 Å². The van der Waals surface area contributed by atoms with Crippen molar-refractivity contribution >= 4 is 28.4 Å². The highest BCUT2D eigenvalue weighted by Crippen LogP contribution is 2.21. The van der Waals surface area contributed by atoms with Gasteiger partial charge in [-0.05, 0) is 41.5 Å². The molecule has 0 atom stereocenters. The summed E-state index contributed by atoms with van der Waals surface area (Å²) in [5.74, 6) is 1.87. The average Bonchev–Trinajstić information content (AvgIpc) is 2.45. The van der Waals surface area contributed by atoms with Gasteiger partial charge in [-0.2, -0.15) is 0 Å². The molecule has 0 aliphatic heterocycles. The highest BCUT2D eigenvalue weighted by molar-refractivity contribution is 14.1. The van der Waals surface area contributed by atoms with Crippen molar-refractivity contribution in [3.05, 3.63) is 51.0 Å². The maximum absolute atomic E-state index is 4.74. The Morgan fingerprint density at radius 3 is 2.50 bits per heavy atom. The quantitative estimate of drug-likeness (QED) is 0.767. The van der Waals surface area contributed by atoms with Gasteiger partial charge in [-0.1, -0.05) is 43.7 Å². The highest BCUT2D eigenvalue weighted by atomic mass is 127. The lowest BCUT2D eigenvalue weighted by Crippen LogP contribution is -2.10. The van der Waals surface area contributed by atoms with Gasteiger partial charge >= 0.3 is 0 Å². The molecule has 2 aromatic rings. The predicted octanol–water partition coefficient (Wildman–Crippen LogP) is 4.06. The van der Waals surface area contributed by atoms with E-state index in [0.717, 1.165) is 46.7 Å². The lowest BCUT2D eigenvalue weighted by molar-refractivity contribution is 0.833. The van der Waals surface area contributed by atoms with Crippen molar-refractivity contribution in [2.45, 2.75) is 33.1 Å². The molecule has 0 unspecified atom stereocenters. The number of halogens is 1. The summed E-state index contributed by atoms with van der Waals surface area (Å²) in [6, 6.07) is 10.4. The van der Waals surface area contributed by atoms with Crippen LogP contribution in [0.5, 0.6) is 0 Å². The molecule has 0 amide bonds. The van der Waals surface area contributed by atoms with Crippen LogP contribution >= 0.6 is 22.6 Å². The fourth-order valence-corrected chi connectivity index (χ4v) is 2.79. The molecule has 0 aliphatic carbocycles. The van der Waals surface area contributed by atoms with Crippen molar-refractivity contribution in [3.8, 4) is 0 Å². The number of rotatable bonds is 6. The van der Waals surface area contributed by atoms with E-state index < -0.39 is 0 Å². The Morgan fingerprint density at radius 2 is 1.85 bits per heavy atom. The average molecular weight is 381 g/mol. The summed E-state index contributed by atoms with van der Waals surface area (Å²) >= 11 is 2.35. The second-order valence-electron chi connectivity index (χ2n) is 4.69. The molecule has 1 heterocycles. The maximum atomic E-state index is 4.74. The molecule has 4 heteroatoms. The molecule has 1 aromatic carbocycles. The first kappa shape index (κ1) is 15.2. The smallest absolute Gasteiger partial charge is 0.143 e. The number of benzene rings is 1. The Balaban J connectivity index is 2.32.